The summed E-state index contributed by atoms with van der Waals surface area (Å²) in [7, 11) is 1.59. The monoisotopic (exact) mass is 326 g/mol. The summed E-state index contributed by atoms with van der Waals surface area (Å²) >= 11 is 1.36. The van der Waals surface area contributed by atoms with Crippen molar-refractivity contribution in [2.75, 3.05) is 23.1 Å². The first-order valence-corrected chi connectivity index (χ1v) is 8.17. The van der Waals surface area contributed by atoms with Gasteiger partial charge in [-0.3, -0.25) is 14.5 Å². The maximum absolute atomic E-state index is 12.8. The van der Waals surface area contributed by atoms with Gasteiger partial charge in [0.1, 0.15) is 5.75 Å². The highest BCUT2D eigenvalue weighted by Gasteiger charge is 2.58. The Bertz CT molecular complexity index is 806. The smallest absolute Gasteiger partial charge is 0.266 e. The zero-order valence-electron chi connectivity index (χ0n) is 12.4. The van der Waals surface area contributed by atoms with Crippen molar-refractivity contribution in [3.8, 4) is 5.75 Å². The molecule has 1 fully saturated rings. The van der Waals surface area contributed by atoms with E-state index < -0.39 is 4.87 Å². The Labute approximate surface area is 137 Å². The molecule has 1 spiro atoms. The molecule has 6 heteroatoms. The minimum Gasteiger partial charge on any atom is -0.497 e. The van der Waals surface area contributed by atoms with Gasteiger partial charge in [-0.2, -0.15) is 0 Å². The van der Waals surface area contributed by atoms with E-state index in [1.165, 1.54) is 11.8 Å². The first-order chi connectivity index (χ1) is 11.2. The Morgan fingerprint density at radius 3 is 2.61 bits per heavy atom. The van der Waals surface area contributed by atoms with Crippen LogP contribution in [-0.4, -0.2) is 24.7 Å². The van der Waals surface area contributed by atoms with Crippen molar-refractivity contribution in [1.82, 2.24) is 0 Å². The molecule has 2 aliphatic rings. The van der Waals surface area contributed by atoms with E-state index in [0.717, 1.165) is 11.3 Å². The molecule has 1 saturated heterocycles. The molecule has 2 heterocycles. The topological polar surface area (TPSA) is 58.6 Å². The summed E-state index contributed by atoms with van der Waals surface area (Å²) in [4.78, 5) is 25.9. The van der Waals surface area contributed by atoms with Gasteiger partial charge in [-0.05, 0) is 30.3 Å². The number of nitrogens with zero attached hydrogens (tertiary/aromatic N) is 1. The molecule has 0 aromatic heterocycles. The van der Waals surface area contributed by atoms with Crippen LogP contribution in [0.25, 0.3) is 0 Å². The van der Waals surface area contributed by atoms with E-state index >= 15 is 0 Å². The van der Waals surface area contributed by atoms with Crippen LogP contribution in [0, 0.1) is 0 Å². The summed E-state index contributed by atoms with van der Waals surface area (Å²) in [5.41, 5.74) is 2.28. The number of hydrogen-bond donors (Lipinski definition) is 1. The second-order valence-corrected chi connectivity index (χ2v) is 6.53. The van der Waals surface area contributed by atoms with E-state index in [2.05, 4.69) is 5.32 Å². The Kier molecular flexibility index (Phi) is 3.09. The predicted molar refractivity (Wildman–Crippen MR) is 89.7 cm³/mol. The summed E-state index contributed by atoms with van der Waals surface area (Å²) < 4.78 is 5.17. The molecule has 0 saturated carbocycles. The molecule has 1 N–H and O–H groups in total. The molecule has 0 aliphatic carbocycles. The largest absolute Gasteiger partial charge is 0.497 e. The van der Waals surface area contributed by atoms with Crippen molar-refractivity contribution >= 4 is 35.0 Å². The number of amides is 2. The van der Waals surface area contributed by atoms with Crippen molar-refractivity contribution < 1.29 is 14.3 Å². The Morgan fingerprint density at radius 1 is 1.13 bits per heavy atom. The fourth-order valence-electron chi connectivity index (χ4n) is 3.11. The van der Waals surface area contributed by atoms with Crippen molar-refractivity contribution in [3.63, 3.8) is 0 Å². The number of rotatable bonds is 2. The number of para-hydroxylation sites is 1. The lowest BCUT2D eigenvalue weighted by Gasteiger charge is -2.32. The molecule has 2 aromatic rings. The van der Waals surface area contributed by atoms with Crippen LogP contribution in [0.4, 0.5) is 11.4 Å². The highest BCUT2D eigenvalue weighted by molar-refractivity contribution is 8.02. The zero-order chi connectivity index (χ0) is 16.0. The van der Waals surface area contributed by atoms with Crippen LogP contribution in [0.15, 0.2) is 48.5 Å². The van der Waals surface area contributed by atoms with Gasteiger partial charge < -0.3 is 10.1 Å². The number of anilines is 2. The number of carbonyl (C=O) groups is 2. The van der Waals surface area contributed by atoms with Gasteiger partial charge in [-0.15, -0.1) is 11.8 Å². The highest BCUT2D eigenvalue weighted by Crippen LogP contribution is 2.53. The molecule has 23 heavy (non-hydrogen) atoms. The SMILES string of the molecule is COc1ccc(N2C(=O)CS[C@@]23C(=O)Nc2ccccc23)cc1. The summed E-state index contributed by atoms with van der Waals surface area (Å²) in [6.45, 7) is 0. The second-order valence-electron chi connectivity index (χ2n) is 5.36. The third-order valence-corrected chi connectivity index (χ3v) is 5.54. The first-order valence-electron chi connectivity index (χ1n) is 7.19. The maximum Gasteiger partial charge on any atom is 0.266 e. The van der Waals surface area contributed by atoms with Gasteiger partial charge in [-0.25, -0.2) is 0 Å². The molecule has 5 nitrogen and oxygen atoms in total. The van der Waals surface area contributed by atoms with Gasteiger partial charge in [0.05, 0.1) is 12.9 Å². The molecule has 1 atom stereocenters. The molecule has 2 aromatic carbocycles. The molecular weight excluding hydrogens is 312 g/mol. The molecule has 4 rings (SSSR count). The number of benzene rings is 2. The van der Waals surface area contributed by atoms with E-state index in [0.29, 0.717) is 11.4 Å². The molecule has 0 unspecified atom stereocenters. The van der Waals surface area contributed by atoms with Gasteiger partial charge in [-0.1, -0.05) is 18.2 Å². The van der Waals surface area contributed by atoms with Gasteiger partial charge >= 0.3 is 0 Å². The van der Waals surface area contributed by atoms with Gasteiger partial charge in [0.15, 0.2) is 0 Å². The Morgan fingerprint density at radius 2 is 1.87 bits per heavy atom. The van der Waals surface area contributed by atoms with Crippen LogP contribution in [0.2, 0.25) is 0 Å². The fraction of sp³-hybridized carbons (Fsp3) is 0.176. The minimum absolute atomic E-state index is 0.0768. The van der Waals surface area contributed by atoms with Crippen LogP contribution in [0.5, 0.6) is 5.75 Å². The average molecular weight is 326 g/mol. The maximum atomic E-state index is 12.8. The molecule has 116 valence electrons. The Balaban J connectivity index is 1.87. The second kappa shape index (κ2) is 5.03. The number of fused-ring (bicyclic) bond motifs is 2. The lowest BCUT2D eigenvalue weighted by atomic mass is 10.0. The fourth-order valence-corrected chi connectivity index (χ4v) is 4.42. The van der Waals surface area contributed by atoms with Gasteiger partial charge in [0.2, 0.25) is 10.8 Å². The minimum atomic E-state index is -1.03. The lowest BCUT2D eigenvalue weighted by molar-refractivity contribution is -0.122. The number of carbonyl (C=O) groups excluding carboxylic acids is 2. The first kappa shape index (κ1) is 14.1. The van der Waals surface area contributed by atoms with Crippen molar-refractivity contribution in [3.05, 3.63) is 54.1 Å². The average Bonchev–Trinajstić information content (AvgIpc) is 3.07. The van der Waals surface area contributed by atoms with Crippen LogP contribution < -0.4 is 15.0 Å². The Hall–Kier alpha value is -2.47. The predicted octanol–water partition coefficient (Wildman–Crippen LogP) is 2.58. The third kappa shape index (κ3) is 1.88. The number of ether oxygens (including phenoxy) is 1. The van der Waals surface area contributed by atoms with Gasteiger partial charge in [0.25, 0.3) is 5.91 Å². The molecule has 0 bridgehead atoms. The van der Waals surface area contributed by atoms with Gasteiger partial charge in [0, 0.05) is 16.9 Å². The van der Waals surface area contributed by atoms with E-state index in [1.54, 1.807) is 36.3 Å². The summed E-state index contributed by atoms with van der Waals surface area (Å²) in [6.07, 6.45) is 0. The molecular formula is C17H14N2O3S. The zero-order valence-corrected chi connectivity index (χ0v) is 13.2. The molecule has 0 radical (unpaired) electrons. The van der Waals surface area contributed by atoms with Crippen LogP contribution in [-0.2, 0) is 14.5 Å². The van der Waals surface area contributed by atoms with Crippen LogP contribution in [0.3, 0.4) is 0 Å². The normalized spacial score (nSPS) is 22.4. The van der Waals surface area contributed by atoms with Crippen LogP contribution in [0.1, 0.15) is 5.56 Å². The number of methoxy groups -OCH3 is 1. The van der Waals surface area contributed by atoms with Crippen molar-refractivity contribution in [2.24, 2.45) is 0 Å². The van der Waals surface area contributed by atoms with Crippen molar-refractivity contribution in [2.45, 2.75) is 4.87 Å². The lowest BCUT2D eigenvalue weighted by Crippen LogP contribution is -2.47. The van der Waals surface area contributed by atoms with E-state index in [4.69, 9.17) is 4.74 Å². The third-order valence-electron chi connectivity index (χ3n) is 4.15. The van der Waals surface area contributed by atoms with E-state index in [9.17, 15) is 9.59 Å². The quantitative estimate of drug-likeness (QED) is 0.921. The molecule has 2 amide bonds. The van der Waals surface area contributed by atoms with E-state index in [-0.39, 0.29) is 17.6 Å². The number of hydrogen-bond acceptors (Lipinski definition) is 4. The number of thioether (sulfide) groups is 1. The highest BCUT2D eigenvalue weighted by atomic mass is 32.2. The summed E-state index contributed by atoms with van der Waals surface area (Å²) in [6, 6.07) is 14.7. The molecule has 2 aliphatic heterocycles. The number of nitrogens with one attached hydrogen (secondary N) is 1. The van der Waals surface area contributed by atoms with Crippen molar-refractivity contribution in [1.29, 1.82) is 0 Å². The van der Waals surface area contributed by atoms with Crippen LogP contribution >= 0.6 is 11.8 Å². The summed E-state index contributed by atoms with van der Waals surface area (Å²) in [5.74, 6) is 0.726. The standard InChI is InChI=1S/C17H14N2O3S/c1-22-12-8-6-11(7-9-12)19-15(20)10-23-17(19)13-4-2-3-5-14(13)18-16(17)21/h2-9H,10H2,1H3,(H,18,21)/t17-/m0/s1. The summed E-state index contributed by atoms with van der Waals surface area (Å²) in [5, 5.41) is 2.89. The van der Waals surface area contributed by atoms with E-state index in [1.807, 2.05) is 24.3 Å².